The van der Waals surface area contributed by atoms with Gasteiger partial charge in [0.25, 0.3) is 0 Å². The van der Waals surface area contributed by atoms with E-state index < -0.39 is 11.0 Å². The molecule has 0 radical (unpaired) electrons. The molecule has 0 aromatic carbocycles. The van der Waals surface area contributed by atoms with Crippen molar-refractivity contribution in [2.45, 2.75) is 32.1 Å². The first-order chi connectivity index (χ1) is 7.00. The largest absolute Gasteiger partial charge is 0.245 e. The summed E-state index contributed by atoms with van der Waals surface area (Å²) in [6, 6.07) is 3.64. The summed E-state index contributed by atoms with van der Waals surface area (Å²) in [7, 11) is -1.02. The van der Waals surface area contributed by atoms with Crippen molar-refractivity contribution in [3.05, 3.63) is 29.0 Å². The summed E-state index contributed by atoms with van der Waals surface area (Å²) >= 11 is 5.77. The molecule has 15 heavy (non-hydrogen) atoms. The Morgan fingerprint density at radius 3 is 2.67 bits per heavy atom. The number of hydrogen-bond donors (Lipinski definition) is 1. The van der Waals surface area contributed by atoms with Crippen LogP contribution in [0.3, 0.4) is 0 Å². The molecule has 2 atom stereocenters. The highest BCUT2D eigenvalue weighted by Gasteiger charge is 2.11. The number of nitrogens with one attached hydrogen (secondary N) is 1. The number of nitrogens with zero attached hydrogens (tertiary/aromatic N) is 1. The summed E-state index contributed by atoms with van der Waals surface area (Å²) in [5.74, 6) is 0. The Morgan fingerprint density at radius 2 is 2.13 bits per heavy atom. The molecule has 5 heteroatoms. The molecular formula is C10H15ClN2OS. The van der Waals surface area contributed by atoms with Crippen LogP contribution < -0.4 is 4.72 Å². The lowest BCUT2D eigenvalue weighted by molar-refractivity contribution is 0.644. The molecule has 1 heterocycles. The summed E-state index contributed by atoms with van der Waals surface area (Å²) in [5, 5.41) is 0.557. The van der Waals surface area contributed by atoms with Gasteiger partial charge >= 0.3 is 0 Å². The fourth-order valence-corrected chi connectivity index (χ4v) is 2.00. The first-order valence-electron chi connectivity index (χ1n) is 4.79. The summed E-state index contributed by atoms with van der Waals surface area (Å²) in [5.41, 5.74) is 0.990. The van der Waals surface area contributed by atoms with E-state index in [1.54, 1.807) is 12.3 Å². The minimum absolute atomic E-state index is 0.00809. The van der Waals surface area contributed by atoms with Gasteiger partial charge in [-0.15, -0.1) is 0 Å². The molecular weight excluding hydrogens is 232 g/mol. The average molecular weight is 247 g/mol. The molecule has 1 aromatic heterocycles. The summed E-state index contributed by atoms with van der Waals surface area (Å²) in [4.78, 5) is 3.90. The van der Waals surface area contributed by atoms with Crippen molar-refractivity contribution in [2.24, 2.45) is 0 Å². The highest BCUT2D eigenvalue weighted by Crippen LogP contribution is 2.15. The van der Waals surface area contributed by atoms with Gasteiger partial charge in [0.1, 0.15) is 5.15 Å². The quantitative estimate of drug-likeness (QED) is 0.830. The maximum atomic E-state index is 11.6. The van der Waals surface area contributed by atoms with Gasteiger partial charge in [-0.25, -0.2) is 13.9 Å². The van der Waals surface area contributed by atoms with Crippen LogP contribution in [-0.4, -0.2) is 14.4 Å². The van der Waals surface area contributed by atoms with Crippen LogP contribution in [0.1, 0.15) is 32.4 Å². The highest BCUT2D eigenvalue weighted by molar-refractivity contribution is 7.83. The second-order valence-electron chi connectivity index (χ2n) is 3.60. The predicted molar refractivity (Wildman–Crippen MR) is 64.1 cm³/mol. The molecule has 0 aliphatic heterocycles. The van der Waals surface area contributed by atoms with Gasteiger partial charge in [0, 0.05) is 17.5 Å². The SMILES string of the molecule is CC(C)[S@](=O)N[C@@H](C)c1ccnc(Cl)c1. The molecule has 1 N–H and O–H groups in total. The molecule has 0 spiro atoms. The topological polar surface area (TPSA) is 42.0 Å². The highest BCUT2D eigenvalue weighted by atomic mass is 35.5. The van der Waals surface area contributed by atoms with E-state index in [2.05, 4.69) is 9.71 Å². The molecule has 0 saturated heterocycles. The van der Waals surface area contributed by atoms with Crippen molar-refractivity contribution >= 4 is 22.6 Å². The molecule has 84 valence electrons. The fraction of sp³-hybridized carbons (Fsp3) is 0.500. The van der Waals surface area contributed by atoms with Gasteiger partial charge in [0.15, 0.2) is 0 Å². The lowest BCUT2D eigenvalue weighted by Gasteiger charge is -2.15. The molecule has 3 nitrogen and oxygen atoms in total. The van der Waals surface area contributed by atoms with Gasteiger partial charge in [0.2, 0.25) is 0 Å². The van der Waals surface area contributed by atoms with Crippen molar-refractivity contribution < 1.29 is 4.21 Å². The van der Waals surface area contributed by atoms with Crippen LogP contribution in [0.25, 0.3) is 0 Å². The third-order valence-corrected chi connectivity index (χ3v) is 3.62. The number of hydrogen-bond acceptors (Lipinski definition) is 2. The van der Waals surface area contributed by atoms with Crippen LogP contribution >= 0.6 is 11.6 Å². The molecule has 1 rings (SSSR count). The summed E-state index contributed by atoms with van der Waals surface area (Å²) in [6.45, 7) is 5.77. The lowest BCUT2D eigenvalue weighted by atomic mass is 10.1. The zero-order valence-corrected chi connectivity index (χ0v) is 10.6. The van der Waals surface area contributed by atoms with Crippen LogP contribution in [0.4, 0.5) is 0 Å². The van der Waals surface area contributed by atoms with E-state index in [0.717, 1.165) is 5.56 Å². The average Bonchev–Trinajstić information content (AvgIpc) is 2.17. The second kappa shape index (κ2) is 5.58. The van der Waals surface area contributed by atoms with Gasteiger partial charge in [-0.05, 0) is 38.5 Å². The fourth-order valence-electron chi connectivity index (χ4n) is 1.07. The van der Waals surface area contributed by atoms with Crippen LogP contribution in [-0.2, 0) is 11.0 Å². The normalized spacial score (nSPS) is 15.3. The third kappa shape index (κ3) is 3.89. The molecule has 0 bridgehead atoms. The predicted octanol–water partition coefficient (Wildman–Crippen LogP) is 2.46. The van der Waals surface area contributed by atoms with E-state index in [1.165, 1.54) is 0 Å². The molecule has 0 aliphatic rings. The van der Waals surface area contributed by atoms with Crippen LogP contribution in [0.5, 0.6) is 0 Å². The third-order valence-electron chi connectivity index (χ3n) is 1.97. The van der Waals surface area contributed by atoms with E-state index in [1.807, 2.05) is 26.8 Å². The lowest BCUT2D eigenvalue weighted by Crippen LogP contribution is -2.26. The summed E-state index contributed by atoms with van der Waals surface area (Å²) < 4.78 is 14.6. The second-order valence-corrected chi connectivity index (χ2v) is 5.76. The van der Waals surface area contributed by atoms with Crippen LogP contribution in [0.2, 0.25) is 5.15 Å². The maximum absolute atomic E-state index is 11.6. The minimum Gasteiger partial charge on any atom is -0.245 e. The van der Waals surface area contributed by atoms with Crippen LogP contribution in [0, 0.1) is 0 Å². The molecule has 0 amide bonds. The van der Waals surface area contributed by atoms with Crippen LogP contribution in [0.15, 0.2) is 18.3 Å². The molecule has 1 aromatic rings. The summed E-state index contributed by atoms with van der Waals surface area (Å²) in [6.07, 6.45) is 1.65. The van der Waals surface area contributed by atoms with Crippen molar-refractivity contribution in [1.82, 2.24) is 9.71 Å². The number of pyridine rings is 1. The van der Waals surface area contributed by atoms with E-state index in [-0.39, 0.29) is 11.3 Å². The van der Waals surface area contributed by atoms with E-state index in [9.17, 15) is 4.21 Å². The minimum atomic E-state index is -1.02. The Labute approximate surface area is 97.8 Å². The monoisotopic (exact) mass is 246 g/mol. The Hall–Kier alpha value is -0.450. The smallest absolute Gasteiger partial charge is 0.129 e. The Morgan fingerprint density at radius 1 is 1.47 bits per heavy atom. The van der Waals surface area contributed by atoms with Gasteiger partial charge in [-0.1, -0.05) is 11.6 Å². The molecule has 0 aliphatic carbocycles. The van der Waals surface area contributed by atoms with Crippen molar-refractivity contribution in [3.8, 4) is 0 Å². The first kappa shape index (κ1) is 12.6. The van der Waals surface area contributed by atoms with E-state index in [4.69, 9.17) is 11.6 Å². The molecule has 0 fully saturated rings. The number of halogens is 1. The zero-order chi connectivity index (χ0) is 11.4. The Bertz CT molecular complexity index is 357. The Kier molecular flexibility index (Phi) is 4.70. The standard InChI is InChI=1S/C10H15ClN2OS/c1-7(2)15(14)13-8(3)9-4-5-12-10(11)6-9/h4-8,13H,1-3H3/t8-,15-/m0/s1. The Balaban J connectivity index is 2.69. The van der Waals surface area contributed by atoms with Gasteiger partial charge in [-0.2, -0.15) is 0 Å². The van der Waals surface area contributed by atoms with Gasteiger partial charge in [-0.3, -0.25) is 0 Å². The van der Waals surface area contributed by atoms with Crippen molar-refractivity contribution in [1.29, 1.82) is 0 Å². The molecule has 0 saturated carbocycles. The first-order valence-corrected chi connectivity index (χ1v) is 6.38. The van der Waals surface area contributed by atoms with Gasteiger partial charge in [0.05, 0.1) is 11.0 Å². The zero-order valence-electron chi connectivity index (χ0n) is 9.03. The maximum Gasteiger partial charge on any atom is 0.129 e. The van der Waals surface area contributed by atoms with E-state index in [0.29, 0.717) is 5.15 Å². The number of aromatic nitrogens is 1. The van der Waals surface area contributed by atoms with Gasteiger partial charge < -0.3 is 0 Å². The molecule has 0 unspecified atom stereocenters. The van der Waals surface area contributed by atoms with Crippen molar-refractivity contribution in [2.75, 3.05) is 0 Å². The van der Waals surface area contributed by atoms with E-state index >= 15 is 0 Å². The number of rotatable bonds is 4. The van der Waals surface area contributed by atoms with Crippen molar-refractivity contribution in [3.63, 3.8) is 0 Å².